The molecule has 2 rings (SSSR count). The van der Waals surface area contributed by atoms with Crippen molar-refractivity contribution in [3.8, 4) is 0 Å². The first-order chi connectivity index (χ1) is 11.2. The van der Waals surface area contributed by atoms with Gasteiger partial charge in [0.15, 0.2) is 5.96 Å². The molecule has 0 amide bonds. The van der Waals surface area contributed by atoms with Gasteiger partial charge in [-0.25, -0.2) is 4.99 Å². The predicted molar refractivity (Wildman–Crippen MR) is 97.5 cm³/mol. The lowest BCUT2D eigenvalue weighted by Gasteiger charge is -2.20. The van der Waals surface area contributed by atoms with Crippen molar-refractivity contribution in [2.75, 3.05) is 39.8 Å². The van der Waals surface area contributed by atoms with Crippen molar-refractivity contribution >= 4 is 5.96 Å². The molecule has 1 aromatic rings. The lowest BCUT2D eigenvalue weighted by atomic mass is 10.1. The Morgan fingerprint density at radius 1 is 1.13 bits per heavy atom. The van der Waals surface area contributed by atoms with Crippen LogP contribution in [0.5, 0.6) is 0 Å². The summed E-state index contributed by atoms with van der Waals surface area (Å²) in [6.07, 6.45) is 2.31. The maximum Gasteiger partial charge on any atom is 0.188 e. The van der Waals surface area contributed by atoms with Gasteiger partial charge in [-0.05, 0) is 44.1 Å². The fourth-order valence-corrected chi connectivity index (χ4v) is 2.75. The molecule has 3 N–H and O–H groups in total. The number of rotatable bonds is 6. The van der Waals surface area contributed by atoms with Crippen LogP contribution in [-0.2, 0) is 13.1 Å². The van der Waals surface area contributed by atoms with E-state index in [-0.39, 0.29) is 0 Å². The molecule has 1 saturated heterocycles. The van der Waals surface area contributed by atoms with Gasteiger partial charge in [0.2, 0.25) is 0 Å². The van der Waals surface area contributed by atoms with E-state index in [0.717, 1.165) is 32.6 Å². The quantitative estimate of drug-likeness (QED) is 0.619. The fourth-order valence-electron chi connectivity index (χ4n) is 2.75. The number of hydrogen-bond donors (Lipinski definition) is 2. The third kappa shape index (κ3) is 6.59. The molecular weight excluding hydrogens is 286 g/mol. The molecule has 5 heteroatoms. The Kier molecular flexibility index (Phi) is 7.36. The lowest BCUT2D eigenvalue weighted by Crippen LogP contribution is -2.32. The molecule has 1 fully saturated rings. The minimum absolute atomic E-state index is 0.532. The van der Waals surface area contributed by atoms with E-state index in [0.29, 0.717) is 12.5 Å². The Hall–Kier alpha value is -1.59. The van der Waals surface area contributed by atoms with Crippen molar-refractivity contribution in [1.29, 1.82) is 0 Å². The number of hydrogen-bond acceptors (Lipinski definition) is 3. The van der Waals surface area contributed by atoms with Gasteiger partial charge in [-0.2, -0.15) is 0 Å². The molecule has 0 saturated carbocycles. The number of nitrogens with zero attached hydrogens (tertiary/aromatic N) is 3. The van der Waals surface area contributed by atoms with Crippen LogP contribution in [0.25, 0.3) is 0 Å². The summed E-state index contributed by atoms with van der Waals surface area (Å²) in [7, 11) is 2.21. The van der Waals surface area contributed by atoms with Gasteiger partial charge in [-0.1, -0.05) is 31.2 Å². The van der Waals surface area contributed by atoms with Gasteiger partial charge < -0.3 is 16.0 Å². The first-order valence-electron chi connectivity index (χ1n) is 8.70. The fraction of sp³-hybridized carbons (Fsp3) is 0.611. The van der Waals surface area contributed by atoms with Crippen LogP contribution in [0, 0.1) is 0 Å². The van der Waals surface area contributed by atoms with E-state index in [4.69, 9.17) is 5.73 Å². The largest absolute Gasteiger partial charge is 0.370 e. The molecule has 0 unspecified atom stereocenters. The Labute approximate surface area is 140 Å². The van der Waals surface area contributed by atoms with Gasteiger partial charge in [0.05, 0.1) is 6.54 Å². The Morgan fingerprint density at radius 2 is 1.87 bits per heavy atom. The summed E-state index contributed by atoms with van der Waals surface area (Å²) in [4.78, 5) is 9.33. The van der Waals surface area contributed by atoms with Crippen LogP contribution in [0.15, 0.2) is 29.3 Å². The summed E-state index contributed by atoms with van der Waals surface area (Å²) in [5.74, 6) is 0.532. The van der Waals surface area contributed by atoms with E-state index in [1.54, 1.807) is 0 Å². The van der Waals surface area contributed by atoms with E-state index in [1.807, 2.05) is 0 Å². The maximum absolute atomic E-state index is 5.82. The minimum Gasteiger partial charge on any atom is -0.370 e. The van der Waals surface area contributed by atoms with Crippen LogP contribution in [0.2, 0.25) is 0 Å². The molecule has 5 nitrogen and oxygen atoms in total. The highest BCUT2D eigenvalue weighted by molar-refractivity contribution is 5.77. The Morgan fingerprint density at radius 3 is 2.61 bits per heavy atom. The molecule has 1 aliphatic rings. The van der Waals surface area contributed by atoms with Gasteiger partial charge in [-0.15, -0.1) is 0 Å². The van der Waals surface area contributed by atoms with E-state index in [9.17, 15) is 0 Å². The second-order valence-electron chi connectivity index (χ2n) is 6.38. The molecule has 23 heavy (non-hydrogen) atoms. The van der Waals surface area contributed by atoms with Crippen molar-refractivity contribution in [2.45, 2.75) is 32.9 Å². The molecular formula is C18H31N5. The highest BCUT2D eigenvalue weighted by Gasteiger charge is 2.12. The Balaban J connectivity index is 1.82. The zero-order chi connectivity index (χ0) is 16.5. The minimum atomic E-state index is 0.532. The van der Waals surface area contributed by atoms with Crippen LogP contribution < -0.4 is 11.1 Å². The molecule has 0 aromatic heterocycles. The summed E-state index contributed by atoms with van der Waals surface area (Å²) in [5.41, 5.74) is 8.39. The average Bonchev–Trinajstić information content (AvgIpc) is 2.77. The van der Waals surface area contributed by atoms with E-state index in [1.165, 1.54) is 30.6 Å². The van der Waals surface area contributed by atoms with Crippen LogP contribution in [0.4, 0.5) is 0 Å². The number of aliphatic imine (C=N–C) groups is 1. The Bertz CT molecular complexity index is 483. The number of guanidine groups is 1. The predicted octanol–water partition coefficient (Wildman–Crippen LogP) is 1.64. The second kappa shape index (κ2) is 9.53. The van der Waals surface area contributed by atoms with Crippen LogP contribution in [-0.4, -0.2) is 55.5 Å². The smallest absolute Gasteiger partial charge is 0.188 e. The van der Waals surface area contributed by atoms with Gasteiger partial charge in [0, 0.05) is 26.2 Å². The summed E-state index contributed by atoms with van der Waals surface area (Å²) in [6, 6.07) is 8.76. The molecule has 0 spiro atoms. The maximum atomic E-state index is 5.82. The second-order valence-corrected chi connectivity index (χ2v) is 6.38. The molecule has 0 bridgehead atoms. The van der Waals surface area contributed by atoms with E-state index < -0.39 is 0 Å². The van der Waals surface area contributed by atoms with Crippen molar-refractivity contribution in [1.82, 2.24) is 15.1 Å². The van der Waals surface area contributed by atoms with Gasteiger partial charge in [0.25, 0.3) is 0 Å². The van der Waals surface area contributed by atoms with E-state index in [2.05, 4.69) is 58.3 Å². The zero-order valence-electron chi connectivity index (χ0n) is 14.6. The molecule has 1 heterocycles. The van der Waals surface area contributed by atoms with Crippen LogP contribution >= 0.6 is 0 Å². The SMILES string of the molecule is CCCNC(N)=NCc1ccc(CN2CCCN(C)CC2)cc1. The summed E-state index contributed by atoms with van der Waals surface area (Å²) in [5, 5.41) is 3.09. The summed E-state index contributed by atoms with van der Waals surface area (Å²) < 4.78 is 0. The number of benzene rings is 1. The van der Waals surface area contributed by atoms with Gasteiger partial charge >= 0.3 is 0 Å². The van der Waals surface area contributed by atoms with Gasteiger partial charge in [-0.3, -0.25) is 4.90 Å². The molecule has 128 valence electrons. The van der Waals surface area contributed by atoms with Crippen LogP contribution in [0.1, 0.15) is 30.9 Å². The van der Waals surface area contributed by atoms with E-state index >= 15 is 0 Å². The zero-order valence-corrected chi connectivity index (χ0v) is 14.6. The first kappa shape index (κ1) is 17.8. The van der Waals surface area contributed by atoms with Crippen molar-refractivity contribution in [3.05, 3.63) is 35.4 Å². The highest BCUT2D eigenvalue weighted by atomic mass is 15.2. The number of nitrogens with one attached hydrogen (secondary N) is 1. The summed E-state index contributed by atoms with van der Waals surface area (Å²) >= 11 is 0. The lowest BCUT2D eigenvalue weighted by molar-refractivity contribution is 0.269. The number of likely N-dealkylation sites (N-methyl/N-ethyl adjacent to an activating group) is 1. The van der Waals surface area contributed by atoms with Crippen molar-refractivity contribution in [2.24, 2.45) is 10.7 Å². The monoisotopic (exact) mass is 317 g/mol. The first-order valence-corrected chi connectivity index (χ1v) is 8.70. The topological polar surface area (TPSA) is 56.9 Å². The normalized spacial score (nSPS) is 17.9. The highest BCUT2D eigenvalue weighted by Crippen LogP contribution is 2.10. The standard InChI is InChI=1S/C18H31N5/c1-3-9-20-18(19)21-14-16-5-7-17(8-6-16)15-23-11-4-10-22(2)12-13-23/h5-8H,3-4,9-15H2,1-2H3,(H3,19,20,21). The average molecular weight is 317 g/mol. The third-order valence-corrected chi connectivity index (χ3v) is 4.23. The molecule has 0 aliphatic carbocycles. The number of nitrogens with two attached hydrogens (primary N) is 1. The third-order valence-electron chi connectivity index (χ3n) is 4.23. The van der Waals surface area contributed by atoms with Crippen molar-refractivity contribution < 1.29 is 0 Å². The molecule has 0 atom stereocenters. The molecule has 1 aliphatic heterocycles. The van der Waals surface area contributed by atoms with Crippen molar-refractivity contribution in [3.63, 3.8) is 0 Å². The summed E-state index contributed by atoms with van der Waals surface area (Å²) in [6.45, 7) is 9.38. The molecule has 1 aromatic carbocycles. The van der Waals surface area contributed by atoms with Gasteiger partial charge in [0.1, 0.15) is 0 Å². The molecule has 0 radical (unpaired) electrons. The van der Waals surface area contributed by atoms with Crippen LogP contribution in [0.3, 0.4) is 0 Å².